The molecule has 0 fully saturated rings. The number of ether oxygens (including phenoxy) is 1. The molecule has 0 aliphatic rings. The van der Waals surface area contributed by atoms with Crippen LogP contribution in [0.25, 0.3) is 44.9 Å². The van der Waals surface area contributed by atoms with E-state index in [9.17, 15) is 0 Å². The predicted molar refractivity (Wildman–Crippen MR) is 139 cm³/mol. The smallest absolute Gasteiger partial charge is 0.168 e. The van der Waals surface area contributed by atoms with Crippen LogP contribution in [0.2, 0.25) is 0 Å². The Morgan fingerprint density at radius 1 is 0.588 bits per heavy atom. The fourth-order valence-electron chi connectivity index (χ4n) is 4.51. The quantitative estimate of drug-likeness (QED) is 0.292. The summed E-state index contributed by atoms with van der Waals surface area (Å²) in [5.74, 6) is 2.66. The molecule has 0 saturated heterocycles. The molecule has 4 nitrogen and oxygen atoms in total. The molecule has 0 N–H and O–H groups in total. The van der Waals surface area contributed by atoms with Crippen LogP contribution in [0.5, 0.6) is 5.75 Å². The highest BCUT2D eigenvalue weighted by atomic mass is 16.5. The largest absolute Gasteiger partial charge is 0.496 e. The third-order valence-electron chi connectivity index (χ3n) is 6.22. The Morgan fingerprint density at radius 2 is 1.15 bits per heavy atom. The van der Waals surface area contributed by atoms with Gasteiger partial charge in [0.1, 0.15) is 5.75 Å². The predicted octanol–water partition coefficient (Wildman–Crippen LogP) is 7.27. The summed E-state index contributed by atoms with van der Waals surface area (Å²) in [4.78, 5) is 14.9. The average Bonchev–Trinajstić information content (AvgIpc) is 2.83. The Bertz CT molecular complexity index is 1470. The lowest BCUT2D eigenvalue weighted by molar-refractivity contribution is 0.416. The second kappa shape index (κ2) is 8.71. The fraction of sp³-hybridized carbons (Fsp3) is 0.167. The Labute approximate surface area is 200 Å². The standard InChI is InChI=1S/C30H27N3O/c1-18-10-13-23(20(3)16-18)28-31-29(24-14-11-19(2)17-21(24)4)33-30(32-28)27-25-9-7-6-8-22(25)12-15-26(27)34-5/h6-17H,1-5H3. The van der Waals surface area contributed by atoms with Crippen LogP contribution in [0.3, 0.4) is 0 Å². The van der Waals surface area contributed by atoms with Crippen molar-refractivity contribution in [3.05, 3.63) is 95.1 Å². The normalized spacial score (nSPS) is 11.1. The van der Waals surface area contributed by atoms with E-state index in [0.717, 1.165) is 44.3 Å². The first-order valence-electron chi connectivity index (χ1n) is 11.4. The molecule has 0 aliphatic carbocycles. The van der Waals surface area contributed by atoms with E-state index < -0.39 is 0 Å². The van der Waals surface area contributed by atoms with E-state index in [0.29, 0.717) is 17.5 Å². The summed E-state index contributed by atoms with van der Waals surface area (Å²) in [6.07, 6.45) is 0. The Morgan fingerprint density at radius 3 is 1.71 bits per heavy atom. The number of nitrogens with zero attached hydrogens (tertiary/aromatic N) is 3. The zero-order valence-corrected chi connectivity index (χ0v) is 20.2. The van der Waals surface area contributed by atoms with Crippen molar-refractivity contribution >= 4 is 10.8 Å². The van der Waals surface area contributed by atoms with E-state index in [2.05, 4.69) is 82.3 Å². The fourth-order valence-corrected chi connectivity index (χ4v) is 4.51. The minimum absolute atomic E-state index is 0.605. The van der Waals surface area contributed by atoms with Gasteiger partial charge in [-0.25, -0.2) is 15.0 Å². The van der Waals surface area contributed by atoms with Gasteiger partial charge in [0.15, 0.2) is 17.5 Å². The van der Waals surface area contributed by atoms with Gasteiger partial charge in [-0.15, -0.1) is 0 Å². The summed E-state index contributed by atoms with van der Waals surface area (Å²) in [6, 6.07) is 25.0. The molecule has 0 bridgehead atoms. The molecule has 4 aromatic carbocycles. The summed E-state index contributed by atoms with van der Waals surface area (Å²) in [5, 5.41) is 2.16. The molecule has 0 saturated carbocycles. The van der Waals surface area contributed by atoms with Crippen LogP contribution in [0.15, 0.2) is 72.8 Å². The van der Waals surface area contributed by atoms with Crippen molar-refractivity contribution < 1.29 is 4.74 Å². The lowest BCUT2D eigenvalue weighted by atomic mass is 10.0. The highest BCUT2D eigenvalue weighted by Gasteiger charge is 2.19. The van der Waals surface area contributed by atoms with Gasteiger partial charge in [-0.2, -0.15) is 0 Å². The third kappa shape index (κ3) is 3.92. The summed E-state index contributed by atoms with van der Waals surface area (Å²) in [6.45, 7) is 8.39. The van der Waals surface area contributed by atoms with Gasteiger partial charge in [-0.05, 0) is 55.7 Å². The van der Waals surface area contributed by atoms with E-state index >= 15 is 0 Å². The molecule has 5 rings (SSSR count). The minimum Gasteiger partial charge on any atom is -0.496 e. The number of fused-ring (bicyclic) bond motifs is 1. The first-order valence-corrected chi connectivity index (χ1v) is 11.4. The lowest BCUT2D eigenvalue weighted by Crippen LogP contribution is -2.03. The van der Waals surface area contributed by atoms with Crippen molar-refractivity contribution in [3.63, 3.8) is 0 Å². The summed E-state index contributed by atoms with van der Waals surface area (Å²) in [5.41, 5.74) is 7.56. The summed E-state index contributed by atoms with van der Waals surface area (Å²) < 4.78 is 5.78. The topological polar surface area (TPSA) is 47.9 Å². The van der Waals surface area contributed by atoms with Gasteiger partial charge >= 0.3 is 0 Å². The monoisotopic (exact) mass is 445 g/mol. The van der Waals surface area contributed by atoms with Gasteiger partial charge in [0, 0.05) is 11.1 Å². The molecule has 0 aliphatic heterocycles. The highest BCUT2D eigenvalue weighted by molar-refractivity contribution is 5.98. The van der Waals surface area contributed by atoms with Gasteiger partial charge in [0.2, 0.25) is 0 Å². The van der Waals surface area contributed by atoms with E-state index in [4.69, 9.17) is 19.7 Å². The molecule has 0 atom stereocenters. The molecular formula is C30H27N3O. The van der Waals surface area contributed by atoms with Crippen LogP contribution in [-0.4, -0.2) is 22.1 Å². The highest BCUT2D eigenvalue weighted by Crippen LogP contribution is 2.37. The molecule has 1 heterocycles. The Hall–Kier alpha value is -4.05. The number of aryl methyl sites for hydroxylation is 4. The van der Waals surface area contributed by atoms with Gasteiger partial charge in [0.25, 0.3) is 0 Å². The number of aromatic nitrogens is 3. The number of methoxy groups -OCH3 is 1. The van der Waals surface area contributed by atoms with Crippen molar-refractivity contribution in [2.75, 3.05) is 7.11 Å². The molecule has 0 unspecified atom stereocenters. The number of hydrogen-bond donors (Lipinski definition) is 0. The van der Waals surface area contributed by atoms with Crippen LogP contribution in [0.1, 0.15) is 22.3 Å². The van der Waals surface area contributed by atoms with Crippen LogP contribution in [0, 0.1) is 27.7 Å². The first kappa shape index (κ1) is 21.8. The second-order valence-electron chi connectivity index (χ2n) is 8.81. The van der Waals surface area contributed by atoms with Crippen molar-refractivity contribution in [3.8, 4) is 39.9 Å². The van der Waals surface area contributed by atoms with Crippen molar-refractivity contribution in [2.45, 2.75) is 27.7 Å². The molecule has 34 heavy (non-hydrogen) atoms. The van der Waals surface area contributed by atoms with E-state index in [-0.39, 0.29) is 0 Å². The van der Waals surface area contributed by atoms with Crippen LogP contribution in [-0.2, 0) is 0 Å². The number of benzene rings is 4. The number of rotatable bonds is 4. The third-order valence-corrected chi connectivity index (χ3v) is 6.22. The minimum atomic E-state index is 0.605. The molecule has 0 amide bonds. The second-order valence-corrected chi connectivity index (χ2v) is 8.81. The van der Waals surface area contributed by atoms with Crippen molar-refractivity contribution in [2.24, 2.45) is 0 Å². The Kier molecular flexibility index (Phi) is 5.58. The zero-order valence-electron chi connectivity index (χ0n) is 20.2. The molecule has 1 aromatic heterocycles. The lowest BCUT2D eigenvalue weighted by Gasteiger charge is -2.15. The maximum atomic E-state index is 5.78. The molecular weight excluding hydrogens is 418 g/mol. The summed E-state index contributed by atoms with van der Waals surface area (Å²) >= 11 is 0. The molecule has 168 valence electrons. The van der Waals surface area contributed by atoms with Crippen LogP contribution < -0.4 is 4.74 Å². The first-order chi connectivity index (χ1) is 16.4. The maximum Gasteiger partial charge on any atom is 0.168 e. The average molecular weight is 446 g/mol. The maximum absolute atomic E-state index is 5.78. The van der Waals surface area contributed by atoms with Crippen molar-refractivity contribution in [1.29, 1.82) is 0 Å². The van der Waals surface area contributed by atoms with Gasteiger partial charge in [-0.1, -0.05) is 77.9 Å². The molecule has 0 spiro atoms. The van der Waals surface area contributed by atoms with Gasteiger partial charge in [-0.3, -0.25) is 0 Å². The molecule has 5 aromatic rings. The SMILES string of the molecule is COc1ccc2ccccc2c1-c1nc(-c2ccc(C)cc2C)nc(-c2ccc(C)cc2C)n1. The van der Waals surface area contributed by atoms with E-state index in [1.54, 1.807) is 7.11 Å². The Balaban J connectivity index is 1.84. The molecule has 4 heteroatoms. The number of hydrogen-bond acceptors (Lipinski definition) is 4. The summed E-state index contributed by atoms with van der Waals surface area (Å²) in [7, 11) is 1.69. The molecule has 0 radical (unpaired) electrons. The zero-order chi connectivity index (χ0) is 23.8. The van der Waals surface area contributed by atoms with Gasteiger partial charge in [0.05, 0.1) is 12.7 Å². The van der Waals surface area contributed by atoms with E-state index in [1.807, 2.05) is 18.2 Å². The van der Waals surface area contributed by atoms with Crippen LogP contribution >= 0.6 is 0 Å². The van der Waals surface area contributed by atoms with E-state index in [1.165, 1.54) is 11.1 Å². The van der Waals surface area contributed by atoms with Crippen molar-refractivity contribution in [1.82, 2.24) is 15.0 Å². The van der Waals surface area contributed by atoms with Crippen LogP contribution in [0.4, 0.5) is 0 Å². The van der Waals surface area contributed by atoms with Gasteiger partial charge < -0.3 is 4.74 Å².